The molecule has 0 bridgehead atoms. The van der Waals surface area contributed by atoms with Gasteiger partial charge in [0.05, 0.1) is 6.61 Å². The number of carbonyl (C=O) groups excluding carboxylic acids is 1. The van der Waals surface area contributed by atoms with E-state index in [4.69, 9.17) is 4.74 Å². The van der Waals surface area contributed by atoms with Gasteiger partial charge in [-0.3, -0.25) is 0 Å². The van der Waals surface area contributed by atoms with Crippen molar-refractivity contribution >= 4 is 5.97 Å². The molecule has 3 heteroatoms. The van der Waals surface area contributed by atoms with Gasteiger partial charge in [-0.05, 0) is 6.42 Å². The highest BCUT2D eigenvalue weighted by Gasteiger charge is 1.93. The Labute approximate surface area is 73.4 Å². The van der Waals surface area contributed by atoms with Crippen molar-refractivity contribution in [1.82, 2.24) is 0 Å². The summed E-state index contributed by atoms with van der Waals surface area (Å²) in [4.78, 5) is 10.5. The van der Waals surface area contributed by atoms with Gasteiger partial charge in [0.25, 0.3) is 0 Å². The number of esters is 1. The minimum Gasteiger partial charge on any atom is -0.460 e. The largest absolute Gasteiger partial charge is 0.460 e. The van der Waals surface area contributed by atoms with E-state index >= 15 is 0 Å². The first kappa shape index (κ1) is 11.2. The molecule has 0 aliphatic carbocycles. The molecule has 0 atom stereocenters. The molecule has 0 radical (unpaired) electrons. The molecular weight excluding hydrogens is 156 g/mol. The molecule has 0 aromatic carbocycles. The second-order valence-corrected chi connectivity index (χ2v) is 2.34. The Morgan fingerprint density at radius 2 is 2.17 bits per heavy atom. The van der Waals surface area contributed by atoms with Gasteiger partial charge in [-0.2, -0.15) is 0 Å². The van der Waals surface area contributed by atoms with Crippen LogP contribution in [0.5, 0.6) is 0 Å². The fourth-order valence-corrected chi connectivity index (χ4v) is 0.609. The molecule has 0 unspecified atom stereocenters. The van der Waals surface area contributed by atoms with Gasteiger partial charge in [-0.25, -0.2) is 4.79 Å². The normalized spacial score (nSPS) is 9.42. The Kier molecular flexibility index (Phi) is 7.70. The maximum Gasteiger partial charge on any atom is 0.330 e. The summed E-state index contributed by atoms with van der Waals surface area (Å²) in [5.74, 6) is -0.394. The van der Waals surface area contributed by atoms with Gasteiger partial charge in [0.1, 0.15) is 6.61 Å². The van der Waals surface area contributed by atoms with Gasteiger partial charge in [-0.15, -0.1) is 0 Å². The van der Waals surface area contributed by atoms with Crippen LogP contribution in [-0.2, 0) is 14.3 Å². The lowest BCUT2D eigenvalue weighted by molar-refractivity contribution is -0.139. The number of hydrogen-bond acceptors (Lipinski definition) is 3. The Hall–Kier alpha value is -0.830. The van der Waals surface area contributed by atoms with E-state index < -0.39 is 5.97 Å². The SMILES string of the molecule is C=CC(=O)OCCOCCCC. The maximum atomic E-state index is 10.5. The molecule has 0 saturated heterocycles. The number of hydrogen-bond donors (Lipinski definition) is 0. The molecule has 70 valence electrons. The molecule has 0 heterocycles. The van der Waals surface area contributed by atoms with E-state index in [-0.39, 0.29) is 0 Å². The minimum absolute atomic E-state index is 0.314. The smallest absolute Gasteiger partial charge is 0.330 e. The molecule has 0 rings (SSSR count). The second kappa shape index (κ2) is 8.27. The van der Waals surface area contributed by atoms with E-state index in [0.29, 0.717) is 13.2 Å². The van der Waals surface area contributed by atoms with E-state index in [9.17, 15) is 4.79 Å². The third-order valence-corrected chi connectivity index (χ3v) is 1.28. The zero-order chi connectivity index (χ0) is 9.23. The van der Waals surface area contributed by atoms with Crippen LogP contribution >= 0.6 is 0 Å². The zero-order valence-corrected chi connectivity index (χ0v) is 7.54. The molecule has 0 aromatic heterocycles. The Balaban J connectivity index is 3.00. The summed E-state index contributed by atoms with van der Waals surface area (Å²) in [7, 11) is 0. The first-order chi connectivity index (χ1) is 5.81. The molecule has 0 amide bonds. The van der Waals surface area contributed by atoms with E-state index in [1.165, 1.54) is 0 Å². The van der Waals surface area contributed by atoms with Gasteiger partial charge < -0.3 is 9.47 Å². The van der Waals surface area contributed by atoms with Crippen LogP contribution in [0.3, 0.4) is 0 Å². The standard InChI is InChI=1S/C9H16O3/c1-3-5-6-11-7-8-12-9(10)4-2/h4H,2-3,5-8H2,1H3. The van der Waals surface area contributed by atoms with Crippen molar-refractivity contribution in [3.8, 4) is 0 Å². The minimum atomic E-state index is -0.394. The molecule has 0 N–H and O–H groups in total. The fraction of sp³-hybridized carbons (Fsp3) is 0.667. The summed E-state index contributed by atoms with van der Waals surface area (Å²) in [6.45, 7) is 6.90. The first-order valence-electron chi connectivity index (χ1n) is 4.18. The molecule has 0 fully saturated rings. The van der Waals surface area contributed by atoms with E-state index in [1.807, 2.05) is 0 Å². The summed E-state index contributed by atoms with van der Waals surface area (Å²) < 4.78 is 9.85. The second-order valence-electron chi connectivity index (χ2n) is 2.34. The topological polar surface area (TPSA) is 35.5 Å². The summed E-state index contributed by atoms with van der Waals surface area (Å²) in [5.41, 5.74) is 0. The molecule has 0 aliphatic heterocycles. The Morgan fingerprint density at radius 1 is 1.42 bits per heavy atom. The lowest BCUT2D eigenvalue weighted by Gasteiger charge is -2.02. The van der Waals surface area contributed by atoms with Crippen LogP contribution in [0.4, 0.5) is 0 Å². The third kappa shape index (κ3) is 7.28. The predicted molar refractivity (Wildman–Crippen MR) is 46.9 cm³/mol. The van der Waals surface area contributed by atoms with Crippen LogP contribution in [0.1, 0.15) is 19.8 Å². The maximum absolute atomic E-state index is 10.5. The van der Waals surface area contributed by atoms with Crippen LogP contribution in [0.15, 0.2) is 12.7 Å². The average Bonchev–Trinajstić information content (AvgIpc) is 2.10. The molecule has 0 aromatic rings. The summed E-state index contributed by atoms with van der Waals surface area (Å²) in [6, 6.07) is 0. The van der Waals surface area contributed by atoms with Crippen molar-refractivity contribution in [3.05, 3.63) is 12.7 Å². The molecule has 12 heavy (non-hydrogen) atoms. The molecule has 0 saturated carbocycles. The zero-order valence-electron chi connectivity index (χ0n) is 7.54. The first-order valence-corrected chi connectivity index (χ1v) is 4.18. The highest BCUT2D eigenvalue weighted by Crippen LogP contribution is 1.88. The van der Waals surface area contributed by atoms with Crippen molar-refractivity contribution in [2.45, 2.75) is 19.8 Å². The highest BCUT2D eigenvalue weighted by atomic mass is 16.6. The Morgan fingerprint density at radius 3 is 2.75 bits per heavy atom. The molecule has 0 spiro atoms. The van der Waals surface area contributed by atoms with Crippen LogP contribution in [0.2, 0.25) is 0 Å². The summed E-state index contributed by atoms with van der Waals surface area (Å²) in [5, 5.41) is 0. The van der Waals surface area contributed by atoms with Gasteiger partial charge in [-0.1, -0.05) is 19.9 Å². The van der Waals surface area contributed by atoms with Gasteiger partial charge >= 0.3 is 5.97 Å². The van der Waals surface area contributed by atoms with E-state index in [0.717, 1.165) is 25.5 Å². The number of rotatable bonds is 7. The van der Waals surface area contributed by atoms with Crippen LogP contribution < -0.4 is 0 Å². The molecule has 3 nitrogen and oxygen atoms in total. The predicted octanol–water partition coefficient (Wildman–Crippen LogP) is 1.53. The highest BCUT2D eigenvalue weighted by molar-refractivity contribution is 5.81. The lowest BCUT2D eigenvalue weighted by Crippen LogP contribution is -2.08. The quantitative estimate of drug-likeness (QED) is 0.332. The number of unbranched alkanes of at least 4 members (excludes halogenated alkanes) is 1. The van der Waals surface area contributed by atoms with Crippen LogP contribution in [0.25, 0.3) is 0 Å². The van der Waals surface area contributed by atoms with Gasteiger partial charge in [0.2, 0.25) is 0 Å². The monoisotopic (exact) mass is 172 g/mol. The van der Waals surface area contributed by atoms with Crippen molar-refractivity contribution in [3.63, 3.8) is 0 Å². The van der Waals surface area contributed by atoms with Crippen molar-refractivity contribution in [1.29, 1.82) is 0 Å². The van der Waals surface area contributed by atoms with E-state index in [2.05, 4.69) is 18.2 Å². The fourth-order valence-electron chi connectivity index (χ4n) is 0.609. The lowest BCUT2D eigenvalue weighted by atomic mass is 10.4. The van der Waals surface area contributed by atoms with Crippen LogP contribution in [0, 0.1) is 0 Å². The molecular formula is C9H16O3. The summed E-state index contributed by atoms with van der Waals surface area (Å²) in [6.07, 6.45) is 3.31. The number of ether oxygens (including phenoxy) is 2. The third-order valence-electron chi connectivity index (χ3n) is 1.28. The van der Waals surface area contributed by atoms with Gasteiger partial charge in [0, 0.05) is 12.7 Å². The average molecular weight is 172 g/mol. The molecule has 0 aliphatic rings. The van der Waals surface area contributed by atoms with Crippen molar-refractivity contribution < 1.29 is 14.3 Å². The van der Waals surface area contributed by atoms with E-state index in [1.54, 1.807) is 0 Å². The number of carbonyl (C=O) groups is 1. The van der Waals surface area contributed by atoms with Gasteiger partial charge in [0.15, 0.2) is 0 Å². The summed E-state index contributed by atoms with van der Waals surface area (Å²) >= 11 is 0. The van der Waals surface area contributed by atoms with Crippen molar-refractivity contribution in [2.24, 2.45) is 0 Å². The Bertz CT molecular complexity index is 132. The van der Waals surface area contributed by atoms with Crippen LogP contribution in [-0.4, -0.2) is 25.8 Å². The van der Waals surface area contributed by atoms with Crippen molar-refractivity contribution in [2.75, 3.05) is 19.8 Å².